The molecule has 0 saturated heterocycles. The van der Waals surface area contributed by atoms with Gasteiger partial charge in [-0.3, -0.25) is 0 Å². The van der Waals surface area contributed by atoms with E-state index in [2.05, 4.69) is 13.9 Å². The van der Waals surface area contributed by atoms with Crippen molar-refractivity contribution < 1.29 is 82.4 Å². The zero-order valence-corrected chi connectivity index (χ0v) is 11.5. The van der Waals surface area contributed by atoms with Crippen LogP contribution in [0, 0.1) is 0 Å². The molecule has 0 saturated carbocycles. The van der Waals surface area contributed by atoms with Crippen LogP contribution in [0.5, 0.6) is 6.08 Å². The van der Waals surface area contributed by atoms with E-state index in [1.54, 1.807) is 0 Å². The third-order valence-corrected chi connectivity index (χ3v) is 0.979. The van der Waals surface area contributed by atoms with Gasteiger partial charge in [0, 0.05) is 0 Å². The second-order valence-electron chi connectivity index (χ2n) is 1.34. The number of hydrogen-bond acceptors (Lipinski definition) is 6. The van der Waals surface area contributed by atoms with E-state index in [-0.39, 0.29) is 59.1 Å². The Morgan fingerprint density at radius 2 is 2.08 bits per heavy atom. The first-order chi connectivity index (χ1) is 4.58. The molecule has 0 amide bonds. The van der Waals surface area contributed by atoms with Gasteiger partial charge in [-0.15, -0.1) is 0 Å². The summed E-state index contributed by atoms with van der Waals surface area (Å²) < 4.78 is 17.9. The van der Waals surface area contributed by atoms with Crippen LogP contribution in [-0.2, 0) is 4.57 Å². The van der Waals surface area contributed by atoms with Crippen LogP contribution in [0.1, 0.15) is 0 Å². The van der Waals surface area contributed by atoms with Gasteiger partial charge in [-0.25, -0.2) is 0 Å². The van der Waals surface area contributed by atoms with Crippen molar-refractivity contribution in [3.05, 3.63) is 12.5 Å². The summed E-state index contributed by atoms with van der Waals surface area (Å²) in [5.74, 6) is 0. The monoisotopic (exact) mass is 209 g/mol. The average molecular weight is 209 g/mol. The first-order valence-corrected chi connectivity index (χ1v) is 3.65. The van der Waals surface area contributed by atoms with Gasteiger partial charge in [0.1, 0.15) is 14.1 Å². The van der Waals surface area contributed by atoms with Crippen LogP contribution in [-0.4, -0.2) is 4.98 Å². The molecule has 0 aliphatic heterocycles. The van der Waals surface area contributed by atoms with Crippen molar-refractivity contribution in [1.82, 2.24) is 4.98 Å². The van der Waals surface area contributed by atoms with Crippen molar-refractivity contribution in [3.63, 3.8) is 0 Å². The predicted molar refractivity (Wildman–Crippen MR) is 24.7 cm³/mol. The van der Waals surface area contributed by atoms with Crippen LogP contribution in [0.3, 0.4) is 0 Å². The van der Waals surface area contributed by atoms with Crippen LogP contribution in [0.4, 0.5) is 0 Å². The minimum absolute atomic E-state index is 0. The SMILES string of the molecule is O=P([O-])([O-])Oc1ncco1.[Na+].[Na+]. The molecule has 9 heteroatoms. The Bertz CT molecular complexity index is 245. The molecule has 12 heavy (non-hydrogen) atoms. The second kappa shape index (κ2) is 6.59. The number of rotatable bonds is 2. The standard InChI is InChI=1S/C3H4NO5P.2Na/c5-10(6,7)9-3-4-1-2-8-3;;/h1-2H,(H2,5,6,7);;/q;2*+1/p-2. The third kappa shape index (κ3) is 6.65. The Morgan fingerprint density at radius 3 is 2.42 bits per heavy atom. The first kappa shape index (κ1) is 15.6. The largest absolute Gasteiger partial charge is 1.00 e. The van der Waals surface area contributed by atoms with Crippen LogP contribution in [0.25, 0.3) is 0 Å². The summed E-state index contributed by atoms with van der Waals surface area (Å²) >= 11 is 0. The molecule has 0 aliphatic rings. The summed E-state index contributed by atoms with van der Waals surface area (Å²) in [4.78, 5) is 22.9. The summed E-state index contributed by atoms with van der Waals surface area (Å²) in [6.07, 6.45) is 1.68. The molecule has 0 radical (unpaired) electrons. The summed E-state index contributed by atoms with van der Waals surface area (Å²) in [5.41, 5.74) is 0. The molecule has 6 nitrogen and oxygen atoms in total. The quantitative estimate of drug-likeness (QED) is 0.354. The molecule has 0 bridgehead atoms. The van der Waals surface area contributed by atoms with Gasteiger partial charge < -0.3 is 23.3 Å². The van der Waals surface area contributed by atoms with Gasteiger partial charge in [0.15, 0.2) is 0 Å². The molecule has 56 valence electrons. The molecule has 1 rings (SSSR count). The molecule has 0 fully saturated rings. The van der Waals surface area contributed by atoms with Crippen LogP contribution >= 0.6 is 7.82 Å². The van der Waals surface area contributed by atoms with Gasteiger partial charge in [0.05, 0.1) is 6.20 Å². The molecule has 0 atom stereocenters. The Balaban J connectivity index is 0. The van der Waals surface area contributed by atoms with E-state index in [0.29, 0.717) is 0 Å². The molecule has 0 N–H and O–H groups in total. The Morgan fingerprint density at radius 1 is 1.50 bits per heavy atom. The summed E-state index contributed by atoms with van der Waals surface area (Å²) in [5, 5.41) is 0. The molecular weight excluding hydrogens is 207 g/mol. The predicted octanol–water partition coefficient (Wildman–Crippen LogP) is -7.11. The van der Waals surface area contributed by atoms with E-state index in [1.165, 1.54) is 0 Å². The maximum atomic E-state index is 9.85. The van der Waals surface area contributed by atoms with Gasteiger partial charge in [-0.2, -0.15) is 4.98 Å². The minimum Gasteiger partial charge on any atom is -0.780 e. The van der Waals surface area contributed by atoms with E-state index < -0.39 is 13.9 Å². The molecular formula is C3H2NNa2O5P. The van der Waals surface area contributed by atoms with E-state index >= 15 is 0 Å². The second-order valence-corrected chi connectivity index (χ2v) is 2.41. The van der Waals surface area contributed by atoms with Crippen molar-refractivity contribution in [3.8, 4) is 6.08 Å². The first-order valence-electron chi connectivity index (χ1n) is 2.19. The van der Waals surface area contributed by atoms with Crippen molar-refractivity contribution in [2.24, 2.45) is 0 Å². The molecule has 0 unspecified atom stereocenters. The van der Waals surface area contributed by atoms with E-state index in [9.17, 15) is 14.4 Å². The van der Waals surface area contributed by atoms with Crippen LogP contribution < -0.4 is 73.4 Å². The zero-order valence-electron chi connectivity index (χ0n) is 6.59. The topological polar surface area (TPSA) is 98.5 Å². The van der Waals surface area contributed by atoms with Gasteiger partial charge >= 0.3 is 65.2 Å². The van der Waals surface area contributed by atoms with Gasteiger partial charge in [-0.1, -0.05) is 0 Å². The summed E-state index contributed by atoms with van der Waals surface area (Å²) in [6.45, 7) is 0. The number of nitrogens with zero attached hydrogens (tertiary/aromatic N) is 1. The van der Waals surface area contributed by atoms with Crippen LogP contribution in [0.15, 0.2) is 16.9 Å². The molecule has 1 heterocycles. The van der Waals surface area contributed by atoms with E-state index in [1.807, 2.05) is 0 Å². The van der Waals surface area contributed by atoms with Crippen molar-refractivity contribution in [2.45, 2.75) is 0 Å². The normalized spacial score (nSPS) is 9.50. The number of aromatic nitrogens is 1. The Labute approximate surface area is 113 Å². The van der Waals surface area contributed by atoms with Crippen molar-refractivity contribution >= 4 is 7.82 Å². The fourth-order valence-electron chi connectivity index (χ4n) is 0.351. The third-order valence-electron chi connectivity index (χ3n) is 0.600. The Kier molecular flexibility index (Phi) is 8.58. The molecule has 0 aromatic carbocycles. The number of phosphoric ester groups is 1. The van der Waals surface area contributed by atoms with Crippen molar-refractivity contribution in [2.75, 3.05) is 0 Å². The number of oxazole rings is 1. The van der Waals surface area contributed by atoms with E-state index in [4.69, 9.17) is 0 Å². The maximum absolute atomic E-state index is 9.85. The van der Waals surface area contributed by atoms with Gasteiger partial charge in [0.25, 0.3) is 0 Å². The fraction of sp³-hybridized carbons (Fsp3) is 0. The zero-order chi connectivity index (χ0) is 7.61. The molecule has 1 aromatic heterocycles. The molecule has 1 aromatic rings. The summed E-state index contributed by atoms with van der Waals surface area (Å²) in [7, 11) is -5.01. The number of phosphoric acid groups is 1. The Hall–Kier alpha value is 1.16. The van der Waals surface area contributed by atoms with Gasteiger partial charge in [-0.05, 0) is 0 Å². The van der Waals surface area contributed by atoms with E-state index in [0.717, 1.165) is 12.5 Å². The maximum Gasteiger partial charge on any atom is 1.00 e. The van der Waals surface area contributed by atoms with Crippen molar-refractivity contribution in [1.29, 1.82) is 0 Å². The fourth-order valence-corrected chi connectivity index (χ4v) is 0.633. The number of hydrogen-bond donors (Lipinski definition) is 0. The van der Waals surface area contributed by atoms with Crippen LogP contribution in [0.2, 0.25) is 0 Å². The molecule has 0 aliphatic carbocycles. The average Bonchev–Trinajstić information content (AvgIpc) is 2.12. The van der Waals surface area contributed by atoms with Gasteiger partial charge in [0.2, 0.25) is 0 Å². The molecule has 0 spiro atoms. The smallest absolute Gasteiger partial charge is 0.780 e. The summed E-state index contributed by atoms with van der Waals surface area (Å²) in [6, 6.07) is 0. The minimum atomic E-state index is -5.01.